The molecule has 0 aromatic heterocycles. The van der Waals surface area contributed by atoms with Gasteiger partial charge in [-0.1, -0.05) is 138 Å². The first-order valence-corrected chi connectivity index (χ1v) is 33.0. The Morgan fingerprint density at radius 1 is 0.446 bits per heavy atom. The molecule has 0 aromatic rings. The summed E-state index contributed by atoms with van der Waals surface area (Å²) < 4.78 is 5.25. The minimum atomic E-state index is -0.410. The molecule has 3 heterocycles. The van der Waals surface area contributed by atoms with Crippen molar-refractivity contribution >= 4 is 64.4 Å². The Kier molecular flexibility index (Phi) is 50.1. The van der Waals surface area contributed by atoms with E-state index in [1.54, 1.807) is 33.9 Å². The maximum atomic E-state index is 11.5. The molecule has 3 rings (SSSR count). The number of amides is 3. The van der Waals surface area contributed by atoms with E-state index in [9.17, 15) is 47.9 Å². The van der Waals surface area contributed by atoms with Gasteiger partial charge in [-0.05, 0) is 110 Å². The van der Waals surface area contributed by atoms with Crippen LogP contribution >= 0.6 is 0 Å². The SMILES string of the molecule is CC(=O)C(C)(C)C.CC(=O)CC(=O)C(C)(C)C.CC(=O)NC(C)(C)C.CC(=O)NC(C)(C)C.CC(C)(C)C(=O)C1=CCC=N1.CC(C)(C)N1CCOCC1.CCC(=O)C(C)(C)C.CCC(=O)C(C)(C)C.CN1CCN(C(C)(C)C)CC1.CNC(=O)CC(=O)C(C)(C)C. The Labute approximate surface area is 564 Å². The van der Waals surface area contributed by atoms with Crippen molar-refractivity contribution in [3.8, 4) is 0 Å². The van der Waals surface area contributed by atoms with Crippen molar-refractivity contribution in [3.05, 3.63) is 11.8 Å². The molecule has 3 N–H and O–H groups in total. The van der Waals surface area contributed by atoms with Crippen LogP contribution in [-0.4, -0.2) is 168 Å². The van der Waals surface area contributed by atoms with Gasteiger partial charge in [0.2, 0.25) is 17.7 Å². The van der Waals surface area contributed by atoms with E-state index in [-0.39, 0.29) is 97.6 Å². The molecule has 2 fully saturated rings. The number of rotatable bonds is 7. The zero-order valence-electron chi connectivity index (χ0n) is 66.6. The van der Waals surface area contributed by atoms with E-state index in [1.165, 1.54) is 54.0 Å². The number of Topliss-reactive ketones (excluding diaryl/α,β-unsaturated/α-hetero) is 7. The zero-order chi connectivity index (χ0) is 75.2. The molecule has 2 saturated heterocycles. The molecule has 3 amide bonds. The lowest BCUT2D eigenvalue weighted by molar-refractivity contribution is -0.133. The Balaban J connectivity index is -0.000000175. The highest BCUT2D eigenvalue weighted by molar-refractivity contribution is 6.02. The molecule has 0 bridgehead atoms. The van der Waals surface area contributed by atoms with Crippen LogP contribution in [-0.2, 0) is 52.7 Å². The second kappa shape index (κ2) is 45.7. The van der Waals surface area contributed by atoms with Gasteiger partial charge in [-0.3, -0.25) is 62.7 Å². The molecule has 0 aliphatic carbocycles. The highest BCUT2D eigenvalue weighted by atomic mass is 16.5. The van der Waals surface area contributed by atoms with Crippen molar-refractivity contribution in [1.82, 2.24) is 30.7 Å². The molecule has 0 radical (unpaired) electrons. The number of nitrogens with one attached hydrogen (secondary N) is 3. The summed E-state index contributed by atoms with van der Waals surface area (Å²) in [7, 11) is 3.72. The molecule has 92 heavy (non-hydrogen) atoms. The van der Waals surface area contributed by atoms with E-state index in [0.29, 0.717) is 41.2 Å². The van der Waals surface area contributed by atoms with Crippen LogP contribution in [0, 0.1) is 32.5 Å². The molecule has 3 aliphatic rings. The van der Waals surface area contributed by atoms with Gasteiger partial charge in [0, 0.05) is 140 Å². The van der Waals surface area contributed by atoms with Crippen molar-refractivity contribution in [2.24, 2.45) is 37.5 Å². The predicted molar refractivity (Wildman–Crippen MR) is 386 cm³/mol. The fourth-order valence-electron chi connectivity index (χ4n) is 6.72. The third kappa shape index (κ3) is 65.4. The van der Waals surface area contributed by atoms with E-state index < -0.39 is 5.41 Å². The molecule has 3 aliphatic heterocycles. The third-order valence-corrected chi connectivity index (χ3v) is 13.1. The molecule has 0 aromatic carbocycles. The fourth-order valence-corrected chi connectivity index (χ4v) is 6.72. The van der Waals surface area contributed by atoms with Crippen molar-refractivity contribution < 1.29 is 52.7 Å². The molecule has 18 heteroatoms. The number of allylic oxidation sites excluding steroid dienone is 2. The Morgan fingerprint density at radius 2 is 0.750 bits per heavy atom. The summed E-state index contributed by atoms with van der Waals surface area (Å²) in [5, 5.41) is 7.89. The summed E-state index contributed by atoms with van der Waals surface area (Å²) >= 11 is 0. The Bertz CT molecular complexity index is 2200. The van der Waals surface area contributed by atoms with E-state index in [1.807, 2.05) is 165 Å². The maximum absolute atomic E-state index is 11.5. The number of carbonyl (C=O) groups excluding carboxylic acids is 10. The monoisotopic (exact) mass is 1310 g/mol. The quantitative estimate of drug-likeness (QED) is 0.201. The normalized spacial score (nSPS) is 14.7. The summed E-state index contributed by atoms with van der Waals surface area (Å²) in [4.78, 5) is 119. The van der Waals surface area contributed by atoms with Gasteiger partial charge >= 0.3 is 0 Å². The van der Waals surface area contributed by atoms with E-state index in [4.69, 9.17) is 4.74 Å². The maximum Gasteiger partial charge on any atom is 0.227 e. The average molecular weight is 1310 g/mol. The van der Waals surface area contributed by atoms with Gasteiger partial charge in [-0.25, -0.2) is 0 Å². The lowest BCUT2D eigenvalue weighted by Gasteiger charge is -2.41. The number of hydrogen-bond acceptors (Lipinski definition) is 15. The highest BCUT2D eigenvalue weighted by Gasteiger charge is 2.28. The average Bonchev–Trinajstić information content (AvgIpc) is 3.02. The highest BCUT2D eigenvalue weighted by Crippen LogP contribution is 2.23. The van der Waals surface area contributed by atoms with Crippen molar-refractivity contribution in [1.29, 1.82) is 0 Å². The molecular formula is C74H145N7O11. The largest absolute Gasteiger partial charge is 0.379 e. The first-order chi connectivity index (χ1) is 40.6. The minimum absolute atomic E-state index is 0.0139. The predicted octanol–water partition coefficient (Wildman–Crippen LogP) is 13.9. The first-order valence-electron chi connectivity index (χ1n) is 33.0. The molecular weight excluding hydrogens is 1160 g/mol. The summed E-state index contributed by atoms with van der Waals surface area (Å²) in [6.07, 6.45) is 5.81. The zero-order valence-corrected chi connectivity index (χ0v) is 66.6. The smallest absolute Gasteiger partial charge is 0.227 e. The van der Waals surface area contributed by atoms with Gasteiger partial charge in [0.1, 0.15) is 40.4 Å². The number of aliphatic imine (C=N–C) groups is 1. The van der Waals surface area contributed by atoms with E-state index in [0.717, 1.165) is 32.7 Å². The minimum Gasteiger partial charge on any atom is -0.379 e. The van der Waals surface area contributed by atoms with Crippen LogP contribution in [0.2, 0.25) is 0 Å². The van der Waals surface area contributed by atoms with Crippen LogP contribution in [0.4, 0.5) is 0 Å². The molecule has 542 valence electrons. The molecule has 0 atom stereocenters. The number of likely N-dealkylation sites (N-methyl/N-ethyl adjacent to an activating group) is 1. The summed E-state index contributed by atoms with van der Waals surface area (Å²) in [5.74, 6) is 0.797. The second-order valence-electron chi connectivity index (χ2n) is 33.7. The topological polar surface area (TPSA) is 238 Å². The van der Waals surface area contributed by atoms with Crippen LogP contribution in [0.3, 0.4) is 0 Å². The van der Waals surface area contributed by atoms with Gasteiger partial charge < -0.3 is 25.6 Å². The molecule has 0 spiro atoms. The summed E-state index contributed by atoms with van der Waals surface area (Å²) in [6.45, 7) is 78.0. The van der Waals surface area contributed by atoms with Crippen LogP contribution in [0.15, 0.2) is 16.8 Å². The van der Waals surface area contributed by atoms with Gasteiger partial charge in [-0.2, -0.15) is 0 Å². The number of ether oxygens (including phenoxy) is 1. The van der Waals surface area contributed by atoms with E-state index >= 15 is 0 Å². The van der Waals surface area contributed by atoms with Crippen molar-refractivity contribution in [3.63, 3.8) is 0 Å². The number of morpholine rings is 1. The number of piperazine rings is 1. The molecule has 0 saturated carbocycles. The van der Waals surface area contributed by atoms with Crippen LogP contribution in [0.5, 0.6) is 0 Å². The van der Waals surface area contributed by atoms with Gasteiger partial charge in [0.15, 0.2) is 5.78 Å². The third-order valence-electron chi connectivity index (χ3n) is 13.1. The van der Waals surface area contributed by atoms with E-state index in [2.05, 4.69) is 84.2 Å². The summed E-state index contributed by atoms with van der Waals surface area (Å²) in [5.41, 5.74) is -0.324. The lowest BCUT2D eigenvalue weighted by atomic mass is 9.88. The standard InChI is InChI=1S/C9H20N2.C9H13NO.C8H15NO2.C8H17NO.C8H14O2.2C7H14O.2C6H13NO.C6H12O/c1-9(2,3)11-7-5-10(4)6-8-11;1-9(2,3)8(11)7-5-4-6-10-7;1-8(2,3)6(10)5-7(11)9-4;1-8(2,3)9-4-6-10-7-5-9;1-6(9)5-7(10)8(2,3)4;2*1-5-6(8)7(2,3)4;2*1-5(8)7-6(2,3)4;1-5(7)6(2,3)4/h5-8H2,1-4H3;5-6H,4H2,1-3H3;5H2,1-4H3,(H,9,11);4-7H2,1-3H3;5H2,1-4H3;2*5H2,1-4H3;2*1-4H3,(H,7,8);1-4H3. The lowest BCUT2D eigenvalue weighted by Crippen LogP contribution is -2.52. The summed E-state index contributed by atoms with van der Waals surface area (Å²) in [6, 6.07) is 0. The van der Waals surface area contributed by atoms with Crippen LogP contribution < -0.4 is 16.0 Å². The Morgan fingerprint density at radius 3 is 0.913 bits per heavy atom. The number of carbonyl (C=O) groups is 10. The van der Waals surface area contributed by atoms with Crippen molar-refractivity contribution in [2.45, 2.75) is 304 Å². The van der Waals surface area contributed by atoms with Gasteiger partial charge in [0.05, 0.1) is 26.1 Å². The number of hydrogen-bond donors (Lipinski definition) is 3. The number of nitrogens with zero attached hydrogens (tertiary/aromatic N) is 4. The molecule has 18 nitrogen and oxygen atoms in total. The van der Waals surface area contributed by atoms with Gasteiger partial charge in [0.25, 0.3) is 0 Å². The van der Waals surface area contributed by atoms with Crippen LogP contribution in [0.25, 0.3) is 0 Å². The second-order valence-corrected chi connectivity index (χ2v) is 33.7. The molecule has 0 unspecified atom stereocenters. The van der Waals surface area contributed by atoms with Crippen LogP contribution in [0.1, 0.15) is 281 Å². The van der Waals surface area contributed by atoms with Gasteiger partial charge in [-0.15, -0.1) is 0 Å². The Hall–Kier alpha value is -4.65. The van der Waals surface area contributed by atoms with Crippen molar-refractivity contribution in [2.75, 3.05) is 66.6 Å². The number of ketones is 7. The fraction of sp³-hybridized carbons (Fsp3) is 0.824. The first kappa shape index (κ1) is 101.